The molecule has 1 aliphatic heterocycles. The Hall–Kier alpha value is -2.71. The zero-order valence-electron chi connectivity index (χ0n) is 15.6. The Kier molecular flexibility index (Phi) is 5.14. The lowest BCUT2D eigenvalue weighted by atomic mass is 10.1. The summed E-state index contributed by atoms with van der Waals surface area (Å²) in [5.74, 6) is 0.355. The highest BCUT2D eigenvalue weighted by Crippen LogP contribution is 2.36. The molecule has 0 spiro atoms. The van der Waals surface area contributed by atoms with E-state index in [-0.39, 0.29) is 15.6 Å². The molecule has 0 bridgehead atoms. The van der Waals surface area contributed by atoms with Gasteiger partial charge in [0.2, 0.25) is 0 Å². The van der Waals surface area contributed by atoms with Crippen molar-refractivity contribution in [1.82, 2.24) is 0 Å². The zero-order chi connectivity index (χ0) is 20.6. The zero-order valence-corrected chi connectivity index (χ0v) is 17.2. The van der Waals surface area contributed by atoms with Gasteiger partial charge in [-0.1, -0.05) is 23.7 Å². The van der Waals surface area contributed by atoms with E-state index >= 15 is 0 Å². The fourth-order valence-corrected chi connectivity index (χ4v) is 4.91. The third-order valence-corrected chi connectivity index (χ3v) is 6.52. The van der Waals surface area contributed by atoms with Crippen LogP contribution in [0.1, 0.15) is 12.8 Å². The number of nitrogens with one attached hydrogen (secondary N) is 1. The summed E-state index contributed by atoms with van der Waals surface area (Å²) in [6, 6.07) is 11.2. The second-order valence-electron chi connectivity index (χ2n) is 6.71. The first kappa shape index (κ1) is 19.6. The Morgan fingerprint density at radius 2 is 1.86 bits per heavy atom. The van der Waals surface area contributed by atoms with Gasteiger partial charge in [0, 0.05) is 18.5 Å². The average Bonchev–Trinajstić information content (AvgIpc) is 3.22. The monoisotopic (exact) mass is 434 g/mol. The van der Waals surface area contributed by atoms with Gasteiger partial charge in [0.05, 0.1) is 22.7 Å². The van der Waals surface area contributed by atoms with Crippen LogP contribution in [0.25, 0.3) is 11.0 Å². The van der Waals surface area contributed by atoms with Crippen LogP contribution in [0.4, 0.5) is 11.4 Å². The molecule has 7 nitrogen and oxygen atoms in total. The second kappa shape index (κ2) is 7.61. The summed E-state index contributed by atoms with van der Waals surface area (Å²) in [6.45, 7) is 1.47. The fraction of sp³-hybridized carbons (Fsp3) is 0.250. The quantitative estimate of drug-likeness (QED) is 0.613. The van der Waals surface area contributed by atoms with Crippen LogP contribution in [0, 0.1) is 0 Å². The van der Waals surface area contributed by atoms with E-state index in [9.17, 15) is 13.2 Å². The highest BCUT2D eigenvalue weighted by molar-refractivity contribution is 7.92. The lowest BCUT2D eigenvalue weighted by Crippen LogP contribution is -2.25. The van der Waals surface area contributed by atoms with E-state index in [1.165, 1.54) is 25.3 Å². The van der Waals surface area contributed by atoms with Gasteiger partial charge in [-0.15, -0.1) is 0 Å². The number of methoxy groups -OCH3 is 1. The fourth-order valence-electron chi connectivity index (χ4n) is 3.50. The molecular formula is C20H19ClN2O5S. The summed E-state index contributed by atoms with van der Waals surface area (Å²) in [6.07, 6.45) is 1.93. The summed E-state index contributed by atoms with van der Waals surface area (Å²) >= 11 is 6.08. The van der Waals surface area contributed by atoms with Crippen LogP contribution >= 0.6 is 11.6 Å². The summed E-state index contributed by atoms with van der Waals surface area (Å²) in [5, 5.41) is 0.833. The lowest BCUT2D eigenvalue weighted by molar-refractivity contribution is 0.414. The number of hydrogen-bond donors (Lipinski definition) is 1. The van der Waals surface area contributed by atoms with E-state index in [4.69, 9.17) is 20.8 Å². The molecule has 3 aromatic rings. The molecule has 1 aliphatic rings. The number of benzene rings is 2. The predicted octanol–water partition coefficient (Wildman–Crippen LogP) is 3.86. The van der Waals surface area contributed by atoms with Gasteiger partial charge in [-0.25, -0.2) is 13.2 Å². The standard InChI is InChI=1S/C20H19ClN2O5S/c1-27-17-9-8-13(12-15(17)21)29(25,26)22-18-19(23-10-4-5-11-23)14-6-2-3-7-16(14)28-20(18)24/h2-3,6-9,12,22H,4-5,10-11H2,1H3. The molecule has 0 atom stereocenters. The largest absolute Gasteiger partial charge is 0.495 e. The summed E-state index contributed by atoms with van der Waals surface area (Å²) < 4.78 is 38.9. The summed E-state index contributed by atoms with van der Waals surface area (Å²) in [7, 11) is -2.64. The molecule has 0 radical (unpaired) electrons. The minimum atomic E-state index is -4.08. The number of rotatable bonds is 5. The first-order valence-electron chi connectivity index (χ1n) is 9.08. The van der Waals surface area contributed by atoms with Gasteiger partial charge < -0.3 is 14.1 Å². The van der Waals surface area contributed by atoms with Crippen molar-refractivity contribution >= 4 is 44.0 Å². The maximum absolute atomic E-state index is 13.0. The van der Waals surface area contributed by atoms with E-state index in [0.29, 0.717) is 22.4 Å². The van der Waals surface area contributed by atoms with E-state index in [1.54, 1.807) is 12.1 Å². The number of fused-ring (bicyclic) bond motifs is 1. The third kappa shape index (κ3) is 3.65. The molecule has 2 heterocycles. The number of para-hydroxylation sites is 1. The van der Waals surface area contributed by atoms with Gasteiger partial charge in [0.15, 0.2) is 5.69 Å². The maximum Gasteiger partial charge on any atom is 0.363 e. The Morgan fingerprint density at radius 1 is 1.14 bits per heavy atom. The minimum Gasteiger partial charge on any atom is -0.495 e. The molecule has 152 valence electrons. The average molecular weight is 435 g/mol. The molecule has 2 aromatic carbocycles. The minimum absolute atomic E-state index is 0.0803. The first-order chi connectivity index (χ1) is 13.9. The molecule has 0 amide bonds. The van der Waals surface area contributed by atoms with Crippen molar-refractivity contribution in [3.8, 4) is 5.75 Å². The van der Waals surface area contributed by atoms with Crippen molar-refractivity contribution in [1.29, 1.82) is 0 Å². The highest BCUT2D eigenvalue weighted by atomic mass is 35.5. The predicted molar refractivity (Wildman–Crippen MR) is 113 cm³/mol. The van der Waals surface area contributed by atoms with Gasteiger partial charge in [0.1, 0.15) is 11.3 Å². The topological polar surface area (TPSA) is 88.8 Å². The number of halogens is 1. The van der Waals surface area contributed by atoms with Crippen molar-refractivity contribution in [2.45, 2.75) is 17.7 Å². The number of anilines is 2. The van der Waals surface area contributed by atoms with Crippen LogP contribution in [-0.2, 0) is 10.0 Å². The van der Waals surface area contributed by atoms with Gasteiger partial charge >= 0.3 is 5.63 Å². The molecular weight excluding hydrogens is 416 g/mol. The Morgan fingerprint density at radius 3 is 2.55 bits per heavy atom. The molecule has 9 heteroatoms. The molecule has 0 unspecified atom stereocenters. The number of hydrogen-bond acceptors (Lipinski definition) is 6. The SMILES string of the molecule is COc1ccc(S(=O)(=O)Nc2c(N3CCCC3)c3ccccc3oc2=O)cc1Cl. The number of nitrogens with zero attached hydrogens (tertiary/aromatic N) is 1. The van der Waals surface area contributed by atoms with Crippen molar-refractivity contribution in [3.63, 3.8) is 0 Å². The van der Waals surface area contributed by atoms with Crippen LogP contribution in [0.5, 0.6) is 5.75 Å². The Balaban J connectivity index is 1.85. The van der Waals surface area contributed by atoms with Gasteiger partial charge in [-0.3, -0.25) is 4.72 Å². The van der Waals surface area contributed by atoms with E-state index in [1.807, 2.05) is 17.0 Å². The smallest absolute Gasteiger partial charge is 0.363 e. The molecule has 0 aliphatic carbocycles. The van der Waals surface area contributed by atoms with E-state index in [2.05, 4.69) is 4.72 Å². The Bertz CT molecular complexity index is 1230. The van der Waals surface area contributed by atoms with Gasteiger partial charge in [0.25, 0.3) is 10.0 Å². The Labute approximate surface area is 172 Å². The summed E-state index contributed by atoms with van der Waals surface area (Å²) in [5.41, 5.74) is 0.110. The van der Waals surface area contributed by atoms with Crippen LogP contribution in [0.2, 0.25) is 5.02 Å². The van der Waals surface area contributed by atoms with Crippen LogP contribution in [-0.4, -0.2) is 28.6 Å². The third-order valence-electron chi connectivity index (χ3n) is 4.88. The number of ether oxygens (including phenoxy) is 1. The van der Waals surface area contributed by atoms with Crippen molar-refractivity contribution in [2.24, 2.45) is 0 Å². The van der Waals surface area contributed by atoms with Crippen LogP contribution in [0.15, 0.2) is 56.6 Å². The molecule has 1 fully saturated rings. The van der Waals surface area contributed by atoms with E-state index < -0.39 is 15.6 Å². The molecule has 1 saturated heterocycles. The second-order valence-corrected chi connectivity index (χ2v) is 8.79. The van der Waals surface area contributed by atoms with Crippen molar-refractivity contribution in [3.05, 3.63) is 57.9 Å². The normalized spacial score (nSPS) is 14.3. The lowest BCUT2D eigenvalue weighted by Gasteiger charge is -2.22. The van der Waals surface area contributed by atoms with Gasteiger partial charge in [-0.2, -0.15) is 0 Å². The molecule has 29 heavy (non-hydrogen) atoms. The first-order valence-corrected chi connectivity index (χ1v) is 10.9. The highest BCUT2D eigenvalue weighted by Gasteiger charge is 2.26. The van der Waals surface area contributed by atoms with Crippen molar-refractivity contribution < 1.29 is 17.6 Å². The van der Waals surface area contributed by atoms with Crippen LogP contribution in [0.3, 0.4) is 0 Å². The maximum atomic E-state index is 13.0. The van der Waals surface area contributed by atoms with Crippen molar-refractivity contribution in [2.75, 3.05) is 29.8 Å². The molecule has 0 saturated carbocycles. The number of sulfonamides is 1. The summed E-state index contributed by atoms with van der Waals surface area (Å²) in [4.78, 5) is 14.7. The molecule has 1 aromatic heterocycles. The van der Waals surface area contributed by atoms with E-state index in [0.717, 1.165) is 25.9 Å². The van der Waals surface area contributed by atoms with Crippen LogP contribution < -0.4 is 20.0 Å². The molecule has 1 N–H and O–H groups in total. The molecule has 4 rings (SSSR count). The van der Waals surface area contributed by atoms with Gasteiger partial charge in [-0.05, 0) is 43.2 Å².